The average molecular weight is 403 g/mol. The van der Waals surface area contributed by atoms with E-state index in [9.17, 15) is 9.59 Å². The number of aliphatic hydroxyl groups is 1. The number of hydrogen-bond acceptors (Lipinski definition) is 7. The Morgan fingerprint density at radius 1 is 1.00 bits per heavy atom. The summed E-state index contributed by atoms with van der Waals surface area (Å²) in [5.41, 5.74) is 1.48. The van der Waals surface area contributed by atoms with Crippen molar-refractivity contribution in [3.8, 4) is 11.5 Å². The van der Waals surface area contributed by atoms with E-state index in [-0.39, 0.29) is 24.5 Å². The van der Waals surface area contributed by atoms with E-state index in [1.54, 1.807) is 32.4 Å². The predicted molar refractivity (Wildman–Crippen MR) is 109 cm³/mol. The number of amides is 2. The molecule has 2 amide bonds. The van der Waals surface area contributed by atoms with Gasteiger partial charge in [0.25, 0.3) is 11.8 Å². The van der Waals surface area contributed by atoms with Gasteiger partial charge < -0.3 is 19.5 Å². The second-order valence-corrected chi connectivity index (χ2v) is 7.42. The Hall–Kier alpha value is -2.58. The van der Waals surface area contributed by atoms with Crippen molar-refractivity contribution in [1.29, 1.82) is 0 Å². The molecule has 3 rings (SSSR count). The Balaban J connectivity index is 2.03. The van der Waals surface area contributed by atoms with Gasteiger partial charge in [-0.1, -0.05) is 6.07 Å². The third kappa shape index (κ3) is 3.95. The van der Waals surface area contributed by atoms with Crippen LogP contribution in [-0.4, -0.2) is 91.2 Å². The van der Waals surface area contributed by atoms with Crippen molar-refractivity contribution in [3.63, 3.8) is 0 Å². The molecule has 0 bridgehead atoms. The lowest BCUT2D eigenvalue weighted by Crippen LogP contribution is -2.48. The van der Waals surface area contributed by atoms with E-state index in [2.05, 4.69) is 4.90 Å². The minimum Gasteiger partial charge on any atom is -0.493 e. The highest BCUT2D eigenvalue weighted by molar-refractivity contribution is 6.35. The molecule has 2 aliphatic rings. The van der Waals surface area contributed by atoms with E-state index in [0.717, 1.165) is 13.1 Å². The van der Waals surface area contributed by atoms with Gasteiger partial charge in [-0.2, -0.15) is 0 Å². The van der Waals surface area contributed by atoms with E-state index in [1.807, 2.05) is 18.7 Å². The number of methoxy groups -OCH3 is 2. The molecule has 1 fully saturated rings. The molecule has 1 aromatic rings. The molecule has 158 valence electrons. The normalized spacial score (nSPS) is 18.3. The number of ether oxygens (including phenoxy) is 2. The van der Waals surface area contributed by atoms with Crippen LogP contribution >= 0.6 is 0 Å². The molecule has 2 aliphatic heterocycles. The van der Waals surface area contributed by atoms with Crippen LogP contribution in [0.5, 0.6) is 11.5 Å². The third-order valence-corrected chi connectivity index (χ3v) is 5.38. The summed E-state index contributed by atoms with van der Waals surface area (Å²) in [7, 11) is 3.10. The number of carbonyl (C=O) groups excluding carboxylic acids is 2. The predicted octanol–water partition coefficient (Wildman–Crippen LogP) is 0.802. The van der Waals surface area contributed by atoms with Crippen molar-refractivity contribution in [2.75, 3.05) is 53.6 Å². The Labute approximate surface area is 171 Å². The quantitative estimate of drug-likeness (QED) is 0.675. The molecule has 0 aromatic heterocycles. The molecule has 8 nitrogen and oxygen atoms in total. The number of piperazine rings is 1. The number of carbonyl (C=O) groups is 2. The SMILES string of the molecule is COc1ccc(C2=C(N3CCN(CCO)CC3)C(=O)N(C(C)C)C2=O)cc1OC. The summed E-state index contributed by atoms with van der Waals surface area (Å²) in [5, 5.41) is 9.16. The highest BCUT2D eigenvalue weighted by Gasteiger charge is 2.43. The molecule has 0 atom stereocenters. The van der Waals surface area contributed by atoms with Crippen LogP contribution in [0.25, 0.3) is 5.57 Å². The van der Waals surface area contributed by atoms with Gasteiger partial charge in [0.05, 0.1) is 26.4 Å². The van der Waals surface area contributed by atoms with Gasteiger partial charge in [-0.3, -0.25) is 19.4 Å². The third-order valence-electron chi connectivity index (χ3n) is 5.38. The van der Waals surface area contributed by atoms with Gasteiger partial charge in [0.1, 0.15) is 5.70 Å². The van der Waals surface area contributed by atoms with E-state index in [4.69, 9.17) is 14.6 Å². The number of benzene rings is 1. The van der Waals surface area contributed by atoms with Crippen LogP contribution in [0.3, 0.4) is 0 Å². The molecule has 0 radical (unpaired) electrons. The van der Waals surface area contributed by atoms with Gasteiger partial charge in [0, 0.05) is 38.8 Å². The highest BCUT2D eigenvalue weighted by atomic mass is 16.5. The van der Waals surface area contributed by atoms with Gasteiger partial charge >= 0.3 is 0 Å². The standard InChI is InChI=1S/C21H29N3O5/c1-14(2)24-20(26)18(15-5-6-16(28-3)17(13-15)29-4)19(21(24)27)23-9-7-22(8-10-23)11-12-25/h5-6,13-14,25H,7-12H2,1-4H3. The summed E-state index contributed by atoms with van der Waals surface area (Å²) in [4.78, 5) is 31.9. The largest absolute Gasteiger partial charge is 0.493 e. The summed E-state index contributed by atoms with van der Waals surface area (Å²) in [6.45, 7) is 7.10. The van der Waals surface area contributed by atoms with E-state index in [1.165, 1.54) is 4.90 Å². The molecule has 29 heavy (non-hydrogen) atoms. The number of nitrogens with zero attached hydrogens (tertiary/aromatic N) is 3. The van der Waals surface area contributed by atoms with Crippen LogP contribution in [0.1, 0.15) is 19.4 Å². The summed E-state index contributed by atoms with van der Waals surface area (Å²) in [6.07, 6.45) is 0. The first-order valence-electron chi connectivity index (χ1n) is 9.85. The minimum atomic E-state index is -0.287. The number of hydrogen-bond donors (Lipinski definition) is 1. The van der Waals surface area contributed by atoms with E-state index >= 15 is 0 Å². The number of rotatable bonds is 7. The van der Waals surface area contributed by atoms with Gasteiger partial charge in [-0.05, 0) is 31.5 Å². The topological polar surface area (TPSA) is 82.5 Å². The second-order valence-electron chi connectivity index (χ2n) is 7.42. The highest BCUT2D eigenvalue weighted by Crippen LogP contribution is 2.37. The maximum atomic E-state index is 13.2. The van der Waals surface area contributed by atoms with Crippen LogP contribution in [0, 0.1) is 0 Å². The molecule has 0 unspecified atom stereocenters. The van der Waals surface area contributed by atoms with Gasteiger partial charge in [-0.25, -0.2) is 0 Å². The smallest absolute Gasteiger partial charge is 0.278 e. The zero-order chi connectivity index (χ0) is 21.1. The maximum Gasteiger partial charge on any atom is 0.278 e. The molecule has 0 aliphatic carbocycles. The zero-order valence-corrected chi connectivity index (χ0v) is 17.5. The maximum absolute atomic E-state index is 13.2. The Morgan fingerprint density at radius 2 is 1.66 bits per heavy atom. The fourth-order valence-corrected chi connectivity index (χ4v) is 3.89. The minimum absolute atomic E-state index is 0.109. The Kier molecular flexibility index (Phi) is 6.44. The first kappa shape index (κ1) is 21.1. The molecule has 1 aromatic carbocycles. The summed E-state index contributed by atoms with van der Waals surface area (Å²) >= 11 is 0. The number of β-amino-alcohol motifs (C(OH)–C–C–N with tert-alkyl or cyclic N) is 1. The van der Waals surface area contributed by atoms with Crippen molar-refractivity contribution >= 4 is 17.4 Å². The molecule has 8 heteroatoms. The summed E-state index contributed by atoms with van der Waals surface area (Å²) in [6, 6.07) is 5.03. The molecular formula is C21H29N3O5. The summed E-state index contributed by atoms with van der Waals surface area (Å²) in [5.74, 6) is 0.525. The van der Waals surface area contributed by atoms with Crippen molar-refractivity contribution in [1.82, 2.24) is 14.7 Å². The lowest BCUT2D eigenvalue weighted by atomic mass is 10.0. The van der Waals surface area contributed by atoms with Crippen molar-refractivity contribution in [2.45, 2.75) is 19.9 Å². The first-order chi connectivity index (χ1) is 13.9. The van der Waals surface area contributed by atoms with Crippen LogP contribution in [0.2, 0.25) is 0 Å². The lowest BCUT2D eigenvalue weighted by molar-refractivity contribution is -0.139. The van der Waals surface area contributed by atoms with E-state index in [0.29, 0.717) is 48.0 Å². The molecule has 2 heterocycles. The zero-order valence-electron chi connectivity index (χ0n) is 17.5. The molecule has 1 saturated heterocycles. The molecule has 1 N–H and O–H groups in total. The van der Waals surface area contributed by atoms with Crippen LogP contribution < -0.4 is 9.47 Å². The monoisotopic (exact) mass is 403 g/mol. The first-order valence-corrected chi connectivity index (χ1v) is 9.85. The van der Waals surface area contributed by atoms with Crippen LogP contribution in [-0.2, 0) is 9.59 Å². The Morgan fingerprint density at radius 3 is 2.21 bits per heavy atom. The van der Waals surface area contributed by atoms with Crippen molar-refractivity contribution < 1.29 is 24.2 Å². The lowest BCUT2D eigenvalue weighted by Gasteiger charge is -2.36. The Bertz CT molecular complexity index is 813. The van der Waals surface area contributed by atoms with Gasteiger partial charge in [0.2, 0.25) is 0 Å². The number of imide groups is 1. The van der Waals surface area contributed by atoms with Gasteiger partial charge in [-0.15, -0.1) is 0 Å². The summed E-state index contributed by atoms with van der Waals surface area (Å²) < 4.78 is 10.7. The fraction of sp³-hybridized carbons (Fsp3) is 0.524. The molecular weight excluding hydrogens is 374 g/mol. The molecule has 0 spiro atoms. The number of aliphatic hydroxyl groups excluding tert-OH is 1. The second kappa shape index (κ2) is 8.84. The fourth-order valence-electron chi connectivity index (χ4n) is 3.89. The van der Waals surface area contributed by atoms with Crippen molar-refractivity contribution in [3.05, 3.63) is 29.5 Å². The van der Waals surface area contributed by atoms with Crippen LogP contribution in [0.4, 0.5) is 0 Å². The molecule has 0 saturated carbocycles. The average Bonchev–Trinajstić information content (AvgIpc) is 2.98. The van der Waals surface area contributed by atoms with Gasteiger partial charge in [0.15, 0.2) is 11.5 Å². The van der Waals surface area contributed by atoms with Crippen LogP contribution in [0.15, 0.2) is 23.9 Å². The van der Waals surface area contributed by atoms with E-state index < -0.39 is 0 Å². The van der Waals surface area contributed by atoms with Crippen molar-refractivity contribution in [2.24, 2.45) is 0 Å².